The van der Waals surface area contributed by atoms with Crippen LogP contribution in [0.25, 0.3) is 0 Å². The third-order valence-electron chi connectivity index (χ3n) is 1.96. The zero-order valence-corrected chi connectivity index (χ0v) is 11.6. The van der Waals surface area contributed by atoms with Gasteiger partial charge in [-0.15, -0.1) is 0 Å². The maximum absolute atomic E-state index is 13.5. The second-order valence-electron chi connectivity index (χ2n) is 3.22. The van der Waals surface area contributed by atoms with E-state index in [4.69, 9.17) is 34.8 Å². The van der Waals surface area contributed by atoms with Crippen molar-refractivity contribution in [3.05, 3.63) is 51.1 Å². The normalized spacial score (nSPS) is 10.7. The van der Waals surface area contributed by atoms with Crippen LogP contribution in [-0.4, -0.2) is 4.98 Å². The molecule has 94 valence electrons. The van der Waals surface area contributed by atoms with Gasteiger partial charge in [-0.25, -0.2) is 13.8 Å². The van der Waals surface area contributed by atoms with E-state index in [0.29, 0.717) is 5.03 Å². The summed E-state index contributed by atoms with van der Waals surface area (Å²) in [5.74, 6) is -1.34. The third-order valence-corrected chi connectivity index (χ3v) is 4.08. The molecule has 0 aliphatic carbocycles. The molecule has 7 heteroatoms. The number of hydrogen-bond donors (Lipinski definition) is 0. The number of nitrogens with zero attached hydrogens (tertiary/aromatic N) is 1. The molecule has 1 aromatic carbocycles. The standard InChI is InChI=1S/C11H4Cl3F2NS/c12-6-4-7(13)11(17-10(6)14)18-9-2-1-5(15)3-8(9)16/h1-4H. The van der Waals surface area contributed by atoms with Crippen LogP contribution < -0.4 is 0 Å². The van der Waals surface area contributed by atoms with Gasteiger partial charge in [0, 0.05) is 11.0 Å². The van der Waals surface area contributed by atoms with Crippen molar-refractivity contribution in [2.24, 2.45) is 0 Å². The second-order valence-corrected chi connectivity index (χ2v) is 5.43. The average molecular weight is 327 g/mol. The third kappa shape index (κ3) is 3.06. The predicted octanol–water partition coefficient (Wildman–Crippen LogP) is 5.47. The fourth-order valence-electron chi connectivity index (χ4n) is 1.16. The summed E-state index contributed by atoms with van der Waals surface area (Å²) in [5, 5.41) is 0.839. The smallest absolute Gasteiger partial charge is 0.149 e. The largest absolute Gasteiger partial charge is 0.226 e. The second kappa shape index (κ2) is 5.61. The van der Waals surface area contributed by atoms with Crippen LogP contribution in [0.5, 0.6) is 0 Å². The molecule has 18 heavy (non-hydrogen) atoms. The van der Waals surface area contributed by atoms with E-state index in [-0.39, 0.29) is 20.1 Å². The molecule has 0 fully saturated rings. The summed E-state index contributed by atoms with van der Waals surface area (Å²) >= 11 is 18.3. The summed E-state index contributed by atoms with van der Waals surface area (Å²) in [6, 6.07) is 4.66. The molecule has 1 aromatic heterocycles. The van der Waals surface area contributed by atoms with Gasteiger partial charge < -0.3 is 0 Å². The zero-order valence-electron chi connectivity index (χ0n) is 8.55. The molecule has 0 atom stereocenters. The van der Waals surface area contributed by atoms with Crippen LogP contribution in [0.15, 0.2) is 34.2 Å². The molecule has 2 rings (SSSR count). The lowest BCUT2D eigenvalue weighted by Gasteiger charge is -2.06. The van der Waals surface area contributed by atoms with Gasteiger partial charge in [0.15, 0.2) is 0 Å². The van der Waals surface area contributed by atoms with E-state index in [0.717, 1.165) is 23.9 Å². The molecule has 0 spiro atoms. The number of halogens is 5. The van der Waals surface area contributed by atoms with Crippen LogP contribution in [0.3, 0.4) is 0 Å². The fourth-order valence-corrected chi connectivity index (χ4v) is 2.62. The summed E-state index contributed by atoms with van der Waals surface area (Å²) in [4.78, 5) is 4.13. The molecule has 0 saturated carbocycles. The van der Waals surface area contributed by atoms with Crippen molar-refractivity contribution >= 4 is 46.6 Å². The molecule has 0 amide bonds. The lowest BCUT2D eigenvalue weighted by molar-refractivity contribution is 0.565. The van der Waals surface area contributed by atoms with Crippen LogP contribution in [0.2, 0.25) is 15.2 Å². The van der Waals surface area contributed by atoms with E-state index in [1.165, 1.54) is 12.1 Å². The molecule has 1 heterocycles. The van der Waals surface area contributed by atoms with Crippen molar-refractivity contribution in [1.29, 1.82) is 0 Å². The fraction of sp³-hybridized carbons (Fsp3) is 0. The highest BCUT2D eigenvalue weighted by Crippen LogP contribution is 2.36. The topological polar surface area (TPSA) is 12.9 Å². The quantitative estimate of drug-likeness (QED) is 0.679. The first-order valence-electron chi connectivity index (χ1n) is 4.62. The SMILES string of the molecule is Fc1ccc(Sc2nc(Cl)c(Cl)cc2Cl)c(F)c1. The highest BCUT2D eigenvalue weighted by molar-refractivity contribution is 7.99. The van der Waals surface area contributed by atoms with E-state index in [1.807, 2.05) is 0 Å². The summed E-state index contributed by atoms with van der Waals surface area (Å²) in [7, 11) is 0. The number of aromatic nitrogens is 1. The number of pyridine rings is 1. The highest BCUT2D eigenvalue weighted by atomic mass is 35.5. The first-order chi connectivity index (χ1) is 8.47. The van der Waals surface area contributed by atoms with Crippen molar-refractivity contribution in [3.63, 3.8) is 0 Å². The Hall–Kier alpha value is -0.550. The van der Waals surface area contributed by atoms with Crippen LogP contribution in [-0.2, 0) is 0 Å². The first kappa shape index (κ1) is 13.9. The van der Waals surface area contributed by atoms with Crippen LogP contribution in [0, 0.1) is 11.6 Å². The van der Waals surface area contributed by atoms with Crippen LogP contribution in [0.1, 0.15) is 0 Å². The molecule has 0 unspecified atom stereocenters. The molecule has 0 bridgehead atoms. The average Bonchev–Trinajstić information content (AvgIpc) is 2.29. The maximum atomic E-state index is 13.5. The van der Waals surface area contributed by atoms with Gasteiger partial charge in [-0.2, -0.15) is 0 Å². The molecule has 1 nitrogen and oxygen atoms in total. The Kier molecular flexibility index (Phi) is 4.33. The van der Waals surface area contributed by atoms with Gasteiger partial charge in [0.05, 0.1) is 10.0 Å². The Balaban J connectivity index is 2.37. The lowest BCUT2D eigenvalue weighted by Crippen LogP contribution is -1.88. The minimum Gasteiger partial charge on any atom is -0.226 e. The van der Waals surface area contributed by atoms with E-state index in [9.17, 15) is 8.78 Å². The summed E-state index contributed by atoms with van der Waals surface area (Å²) in [6.07, 6.45) is 0. The van der Waals surface area contributed by atoms with Gasteiger partial charge in [-0.3, -0.25) is 0 Å². The molecule has 0 aliphatic rings. The van der Waals surface area contributed by atoms with Gasteiger partial charge >= 0.3 is 0 Å². The molecule has 2 aromatic rings. The molecular formula is C11H4Cl3F2NS. The van der Waals surface area contributed by atoms with Gasteiger partial charge in [-0.1, -0.05) is 46.6 Å². The molecule has 0 aliphatic heterocycles. The summed E-state index contributed by atoms with van der Waals surface area (Å²) in [6.45, 7) is 0. The molecule has 0 radical (unpaired) electrons. The highest BCUT2D eigenvalue weighted by Gasteiger charge is 2.12. The maximum Gasteiger partial charge on any atom is 0.149 e. The van der Waals surface area contributed by atoms with Crippen molar-refractivity contribution < 1.29 is 8.78 Å². The Morgan fingerprint density at radius 2 is 1.72 bits per heavy atom. The lowest BCUT2D eigenvalue weighted by atomic mass is 10.3. The minimum atomic E-state index is -0.691. The first-order valence-corrected chi connectivity index (χ1v) is 6.57. The van der Waals surface area contributed by atoms with Crippen LogP contribution >= 0.6 is 46.6 Å². The Labute approximate surface area is 121 Å². The predicted molar refractivity (Wildman–Crippen MR) is 69.7 cm³/mol. The Morgan fingerprint density at radius 1 is 1.00 bits per heavy atom. The number of benzene rings is 1. The summed E-state index contributed by atoms with van der Waals surface area (Å²) in [5.41, 5.74) is 0. The number of hydrogen-bond acceptors (Lipinski definition) is 2. The van der Waals surface area contributed by atoms with Crippen LogP contribution in [0.4, 0.5) is 8.78 Å². The minimum absolute atomic E-state index is 0.0751. The van der Waals surface area contributed by atoms with Crippen molar-refractivity contribution in [3.8, 4) is 0 Å². The van der Waals surface area contributed by atoms with Crippen molar-refractivity contribution in [1.82, 2.24) is 4.98 Å². The zero-order chi connectivity index (χ0) is 13.3. The Morgan fingerprint density at radius 3 is 2.39 bits per heavy atom. The van der Waals surface area contributed by atoms with E-state index >= 15 is 0 Å². The Bertz CT molecular complexity index is 607. The molecule has 0 saturated heterocycles. The van der Waals surface area contributed by atoms with Crippen molar-refractivity contribution in [2.45, 2.75) is 9.92 Å². The summed E-state index contributed by atoms with van der Waals surface area (Å²) < 4.78 is 26.2. The molecular weight excluding hydrogens is 323 g/mol. The van der Waals surface area contributed by atoms with Gasteiger partial charge in [0.1, 0.15) is 21.8 Å². The van der Waals surface area contributed by atoms with Gasteiger partial charge in [0.25, 0.3) is 0 Å². The van der Waals surface area contributed by atoms with Crippen molar-refractivity contribution in [2.75, 3.05) is 0 Å². The van der Waals surface area contributed by atoms with Gasteiger partial charge in [0.2, 0.25) is 0 Å². The monoisotopic (exact) mass is 325 g/mol. The molecule has 0 N–H and O–H groups in total. The van der Waals surface area contributed by atoms with E-state index in [2.05, 4.69) is 4.98 Å². The number of rotatable bonds is 2. The van der Waals surface area contributed by atoms with E-state index < -0.39 is 11.6 Å². The van der Waals surface area contributed by atoms with Gasteiger partial charge in [-0.05, 0) is 18.2 Å². The van der Waals surface area contributed by atoms with E-state index in [1.54, 1.807) is 0 Å².